The Balaban J connectivity index is 0.000000390. The minimum absolute atomic E-state index is 0.0750. The van der Waals surface area contributed by atoms with E-state index in [-0.39, 0.29) is 21.3 Å². The van der Waals surface area contributed by atoms with E-state index in [9.17, 15) is 9.59 Å². The Labute approximate surface area is 455 Å². The Kier molecular flexibility index (Phi) is 25.4. The molecule has 0 radical (unpaired) electrons. The van der Waals surface area contributed by atoms with Gasteiger partial charge in [-0.25, -0.2) is 0 Å². The summed E-state index contributed by atoms with van der Waals surface area (Å²) in [5.41, 5.74) is 9.83. The highest BCUT2D eigenvalue weighted by Crippen LogP contribution is 2.49. The average Bonchev–Trinajstić information content (AvgIpc) is 3.30. The number of aliphatic carboxylic acids is 2. The molecule has 422 valence electrons. The van der Waals surface area contributed by atoms with Gasteiger partial charge >= 0.3 is 11.9 Å². The molecule has 0 saturated carbocycles. The van der Waals surface area contributed by atoms with Crippen LogP contribution in [0.1, 0.15) is 254 Å². The third-order valence-electron chi connectivity index (χ3n) is 17.7. The van der Waals surface area contributed by atoms with Gasteiger partial charge in [-0.05, 0) is 195 Å². The topological polar surface area (TPSA) is 112 Å². The second-order valence-corrected chi connectivity index (χ2v) is 35.8. The van der Waals surface area contributed by atoms with Crippen molar-refractivity contribution < 1.29 is 38.1 Å². The molecule has 2 N–H and O–H groups in total. The molecule has 74 heavy (non-hydrogen) atoms. The van der Waals surface area contributed by atoms with Gasteiger partial charge in [-0.3, -0.25) is 9.59 Å². The van der Waals surface area contributed by atoms with E-state index in [0.717, 1.165) is 93.6 Å². The lowest BCUT2D eigenvalue weighted by molar-refractivity contribution is -0.138. The Morgan fingerprint density at radius 3 is 1.26 bits per heavy atom. The summed E-state index contributed by atoms with van der Waals surface area (Å²) in [4.78, 5) is 21.1. The van der Waals surface area contributed by atoms with E-state index in [4.69, 9.17) is 28.5 Å². The highest BCUT2D eigenvalue weighted by molar-refractivity contribution is 6.75. The summed E-state index contributed by atoms with van der Waals surface area (Å²) in [5, 5.41) is 17.7. The Morgan fingerprint density at radius 1 is 0.514 bits per heavy atom. The smallest absolute Gasteiger partial charge is 0.303 e. The third-order valence-corrected chi connectivity index (χ3v) is 26.4. The zero-order valence-electron chi connectivity index (χ0n) is 50.9. The molecular weight excluding hydrogens is 953 g/mol. The lowest BCUT2D eigenvalue weighted by Gasteiger charge is -2.41. The lowest BCUT2D eigenvalue weighted by Crippen LogP contribution is -2.44. The number of carboxylic acid groups (broad SMARTS) is 2. The molecule has 10 heteroatoms. The first kappa shape index (κ1) is 65.0. The first-order chi connectivity index (χ1) is 34.4. The summed E-state index contributed by atoms with van der Waals surface area (Å²) >= 11 is 0. The van der Waals surface area contributed by atoms with Crippen LogP contribution in [0.25, 0.3) is 0 Å². The number of allylic oxidation sites excluding steroid dienone is 1. The van der Waals surface area contributed by atoms with Gasteiger partial charge in [-0.1, -0.05) is 138 Å². The molecular formula is C64H110O8Si2. The van der Waals surface area contributed by atoms with Crippen molar-refractivity contribution in [2.45, 2.75) is 311 Å². The van der Waals surface area contributed by atoms with Crippen molar-refractivity contribution in [2.75, 3.05) is 0 Å². The minimum Gasteiger partial charge on any atom is -0.543 e. The maximum atomic E-state index is 10.5. The van der Waals surface area contributed by atoms with Crippen LogP contribution in [0.15, 0.2) is 12.2 Å². The first-order valence-electron chi connectivity index (χ1n) is 29.5. The normalized spacial score (nSPS) is 18.0. The molecule has 0 amide bonds. The highest BCUT2D eigenvalue weighted by Gasteiger charge is 2.43. The standard InChI is InChI=1S/C32H56O4Si.C32H54O4Si/c2*1-24-25(2)30-27(26(3)29(24)36-37(8,9)31(4,5)6)21-23-32(7,35-30)22-19-17-15-13-11-10-12-14-16-18-20-28(33)34/h10-23H2,1-9H3,(H,33,34);19,22H,10-18,20-21,23H2,1-9H3,(H,33,34)/b;22-19+/t2*32-/m11/s1. The van der Waals surface area contributed by atoms with Crippen molar-refractivity contribution in [1.82, 2.24) is 0 Å². The monoisotopic (exact) mass is 1060 g/mol. The van der Waals surface area contributed by atoms with Crippen LogP contribution in [-0.2, 0) is 22.4 Å². The maximum Gasteiger partial charge on any atom is 0.303 e. The number of unbranched alkanes of at least 4 members (excludes halogenated alkanes) is 17. The molecule has 8 nitrogen and oxygen atoms in total. The van der Waals surface area contributed by atoms with E-state index in [1.54, 1.807) is 0 Å². The number of ether oxygens (including phenoxy) is 2. The van der Waals surface area contributed by atoms with Crippen LogP contribution in [0.4, 0.5) is 0 Å². The fourth-order valence-electron chi connectivity index (χ4n) is 10.1. The van der Waals surface area contributed by atoms with Crippen LogP contribution in [0.3, 0.4) is 0 Å². The molecule has 0 unspecified atom stereocenters. The van der Waals surface area contributed by atoms with Crippen molar-refractivity contribution in [3.8, 4) is 23.0 Å². The number of rotatable bonds is 29. The van der Waals surface area contributed by atoms with Gasteiger partial charge in [0.25, 0.3) is 16.6 Å². The van der Waals surface area contributed by atoms with Crippen LogP contribution in [0, 0.1) is 41.5 Å². The molecule has 0 saturated heterocycles. The van der Waals surface area contributed by atoms with E-state index in [1.807, 2.05) is 0 Å². The molecule has 2 heterocycles. The van der Waals surface area contributed by atoms with Gasteiger partial charge in [0.2, 0.25) is 0 Å². The van der Waals surface area contributed by atoms with Crippen molar-refractivity contribution in [3.63, 3.8) is 0 Å². The molecule has 2 aromatic carbocycles. The first-order valence-corrected chi connectivity index (χ1v) is 35.3. The molecule has 0 aromatic heterocycles. The summed E-state index contributed by atoms with van der Waals surface area (Å²) < 4.78 is 27.2. The van der Waals surface area contributed by atoms with E-state index in [2.05, 4.69) is 135 Å². The van der Waals surface area contributed by atoms with Crippen LogP contribution in [-0.4, -0.2) is 50.0 Å². The number of carboxylic acids is 2. The molecule has 0 aliphatic carbocycles. The zero-order chi connectivity index (χ0) is 55.7. The van der Waals surface area contributed by atoms with Crippen LogP contribution < -0.4 is 18.3 Å². The summed E-state index contributed by atoms with van der Waals surface area (Å²) in [6, 6.07) is 0. The second-order valence-electron chi connectivity index (χ2n) is 26.3. The quantitative estimate of drug-likeness (QED) is 0.0471. The fourth-order valence-corrected chi connectivity index (χ4v) is 12.3. The van der Waals surface area contributed by atoms with Crippen molar-refractivity contribution in [2.24, 2.45) is 0 Å². The highest BCUT2D eigenvalue weighted by atomic mass is 28.4. The molecule has 2 aromatic rings. The van der Waals surface area contributed by atoms with Gasteiger partial charge in [0.15, 0.2) is 0 Å². The number of hydrogen-bond acceptors (Lipinski definition) is 6. The van der Waals surface area contributed by atoms with Gasteiger partial charge in [-0.15, -0.1) is 0 Å². The average molecular weight is 1060 g/mol. The SMILES string of the molecule is Cc1c(C)c2c(c(C)c1O[Si](C)(C)C(C)(C)C)CC[C@@](C)(/C=C/CCCCCCCCCCC(=O)O)O2.Cc1c(C)c2c(c(C)c1O[Si](C)(C)C(C)(C)C)CC[C@@](C)(CCCCCCCCCCCCC(=O)O)O2. The third kappa shape index (κ3) is 19.6. The summed E-state index contributed by atoms with van der Waals surface area (Å²) in [5.74, 6) is 3.04. The predicted molar refractivity (Wildman–Crippen MR) is 318 cm³/mol. The van der Waals surface area contributed by atoms with Crippen molar-refractivity contribution in [3.05, 3.63) is 56.7 Å². The van der Waals surface area contributed by atoms with Gasteiger partial charge in [0.1, 0.15) is 34.2 Å². The maximum absolute atomic E-state index is 10.5. The Bertz CT molecular complexity index is 2140. The number of fused-ring (bicyclic) bond motifs is 2. The largest absolute Gasteiger partial charge is 0.543 e. The van der Waals surface area contributed by atoms with Crippen LogP contribution in [0.2, 0.25) is 36.3 Å². The Morgan fingerprint density at radius 2 is 0.865 bits per heavy atom. The lowest BCUT2D eigenvalue weighted by atomic mass is 9.84. The van der Waals surface area contributed by atoms with Gasteiger partial charge in [0, 0.05) is 24.0 Å². The predicted octanol–water partition coefficient (Wildman–Crippen LogP) is 19.5. The fraction of sp³-hybridized carbons (Fsp3) is 0.750. The van der Waals surface area contributed by atoms with Crippen LogP contribution >= 0.6 is 0 Å². The van der Waals surface area contributed by atoms with Gasteiger partial charge in [0.05, 0.1) is 0 Å². The van der Waals surface area contributed by atoms with Crippen molar-refractivity contribution >= 4 is 28.6 Å². The molecule has 0 spiro atoms. The van der Waals surface area contributed by atoms with E-state index >= 15 is 0 Å². The second kappa shape index (κ2) is 28.9. The van der Waals surface area contributed by atoms with Gasteiger partial charge in [-0.2, -0.15) is 0 Å². The number of benzene rings is 2. The minimum atomic E-state index is -1.92. The molecule has 2 atom stereocenters. The number of carbonyl (C=O) groups is 2. The van der Waals surface area contributed by atoms with Crippen LogP contribution in [0.5, 0.6) is 23.0 Å². The van der Waals surface area contributed by atoms with E-state index in [0.29, 0.717) is 12.8 Å². The summed E-state index contributed by atoms with van der Waals surface area (Å²) in [6.07, 6.45) is 32.8. The zero-order valence-corrected chi connectivity index (χ0v) is 52.9. The molecule has 0 fully saturated rings. The van der Waals surface area contributed by atoms with Gasteiger partial charge < -0.3 is 28.5 Å². The molecule has 0 bridgehead atoms. The molecule has 4 rings (SSSR count). The molecule has 2 aliphatic heterocycles. The van der Waals surface area contributed by atoms with E-state index < -0.39 is 28.6 Å². The number of hydrogen-bond donors (Lipinski definition) is 2. The Hall–Kier alpha value is -3.25. The van der Waals surface area contributed by atoms with Crippen molar-refractivity contribution in [1.29, 1.82) is 0 Å². The van der Waals surface area contributed by atoms with E-state index in [1.165, 1.54) is 128 Å². The summed E-state index contributed by atoms with van der Waals surface area (Å²) in [7, 11) is -3.83. The molecule has 2 aliphatic rings. The summed E-state index contributed by atoms with van der Waals surface area (Å²) in [6.45, 7) is 40.9.